The number of amides is 2. The number of fused-ring (bicyclic) bond motifs is 3. The summed E-state index contributed by atoms with van der Waals surface area (Å²) in [7, 11) is 0. The van der Waals surface area contributed by atoms with E-state index in [2.05, 4.69) is 46.4 Å². The van der Waals surface area contributed by atoms with Gasteiger partial charge in [-0.1, -0.05) is 92.8 Å². The molecule has 1 unspecified atom stereocenters. The quantitative estimate of drug-likeness (QED) is 0.145. The van der Waals surface area contributed by atoms with E-state index in [1.54, 1.807) is 54.6 Å². The molecule has 52 heavy (non-hydrogen) atoms. The van der Waals surface area contributed by atoms with Crippen LogP contribution in [0.25, 0.3) is 16.5 Å². The highest BCUT2D eigenvalue weighted by molar-refractivity contribution is 6.34. The number of ketones is 2. The molecule has 0 saturated heterocycles. The molecule has 252 valence electrons. The van der Waals surface area contributed by atoms with Crippen LogP contribution in [0.4, 0.5) is 5.69 Å². The van der Waals surface area contributed by atoms with E-state index in [1.807, 2.05) is 44.2 Å². The summed E-state index contributed by atoms with van der Waals surface area (Å²) in [6.07, 6.45) is 13.8. The number of para-hydroxylation sites is 1. The first-order valence-corrected chi connectivity index (χ1v) is 17.2. The van der Waals surface area contributed by atoms with E-state index in [9.17, 15) is 24.0 Å². The highest BCUT2D eigenvalue weighted by atomic mass is 16.2. The third-order valence-corrected chi connectivity index (χ3v) is 10.8. The summed E-state index contributed by atoms with van der Waals surface area (Å²) in [5.41, 5.74) is 5.90. The molecule has 8 heteroatoms. The van der Waals surface area contributed by atoms with Gasteiger partial charge in [-0.25, -0.2) is 9.88 Å². The van der Waals surface area contributed by atoms with E-state index in [1.165, 1.54) is 16.0 Å². The number of aromatic nitrogens is 2. The van der Waals surface area contributed by atoms with Crippen molar-refractivity contribution in [3.63, 3.8) is 0 Å². The second-order valence-corrected chi connectivity index (χ2v) is 14.1. The first kappa shape index (κ1) is 31.4. The SMILES string of the molecule is CC(C)(c1ccc2c(c1)C(=O)[C@@H](c1nc3ccccc3c(=O)[nH]1)C2=O)c1ccc2c(c1)C(=O)N(c1ccc(C3=CC=CC3C3=CCC=C3)cc1)C2=O. The molecular formula is C44H31N3O5. The molecule has 1 N–H and O–H groups in total. The van der Waals surface area contributed by atoms with Crippen molar-refractivity contribution in [3.8, 4) is 0 Å². The molecule has 1 aromatic heterocycles. The summed E-state index contributed by atoms with van der Waals surface area (Å²) >= 11 is 0. The summed E-state index contributed by atoms with van der Waals surface area (Å²) in [5, 5.41) is 0.375. The molecule has 0 bridgehead atoms. The lowest BCUT2D eigenvalue weighted by Crippen LogP contribution is -2.29. The second kappa shape index (κ2) is 11.5. The molecule has 0 fully saturated rings. The summed E-state index contributed by atoms with van der Waals surface area (Å²) < 4.78 is 0. The maximum Gasteiger partial charge on any atom is 0.266 e. The van der Waals surface area contributed by atoms with Gasteiger partial charge in [-0.3, -0.25) is 24.0 Å². The molecular weight excluding hydrogens is 651 g/mol. The fourth-order valence-electron chi connectivity index (χ4n) is 7.86. The largest absolute Gasteiger partial charge is 0.309 e. The predicted octanol–water partition coefficient (Wildman–Crippen LogP) is 7.67. The number of Topliss-reactive ketones (excluding diaryl/α,β-unsaturated/α-hetero) is 2. The number of hydrogen-bond donors (Lipinski definition) is 1. The second-order valence-electron chi connectivity index (χ2n) is 14.1. The number of anilines is 1. The van der Waals surface area contributed by atoms with Crippen LogP contribution in [0.15, 0.2) is 132 Å². The molecule has 4 aromatic carbocycles. The van der Waals surface area contributed by atoms with Crippen molar-refractivity contribution in [2.75, 3.05) is 4.90 Å². The smallest absolute Gasteiger partial charge is 0.266 e. The third-order valence-electron chi connectivity index (χ3n) is 10.8. The van der Waals surface area contributed by atoms with Crippen LogP contribution in [0.3, 0.4) is 0 Å². The van der Waals surface area contributed by atoms with Gasteiger partial charge in [0.2, 0.25) is 0 Å². The van der Waals surface area contributed by atoms with Gasteiger partial charge in [0.05, 0.1) is 27.7 Å². The number of aromatic amines is 1. The van der Waals surface area contributed by atoms with Crippen molar-refractivity contribution < 1.29 is 19.2 Å². The van der Waals surface area contributed by atoms with Gasteiger partial charge in [0.1, 0.15) is 11.7 Å². The average Bonchev–Trinajstić information content (AvgIpc) is 3.95. The number of nitrogens with zero attached hydrogens (tertiary/aromatic N) is 2. The van der Waals surface area contributed by atoms with E-state index in [0.29, 0.717) is 27.7 Å². The molecule has 2 heterocycles. The van der Waals surface area contributed by atoms with Crippen molar-refractivity contribution in [2.24, 2.45) is 5.92 Å². The minimum atomic E-state index is -1.25. The number of imide groups is 1. The molecule has 8 nitrogen and oxygen atoms in total. The van der Waals surface area contributed by atoms with Gasteiger partial charge in [-0.2, -0.15) is 0 Å². The lowest BCUT2D eigenvalue weighted by Gasteiger charge is -2.27. The number of hydrogen-bond acceptors (Lipinski definition) is 6. The molecule has 9 rings (SSSR count). The van der Waals surface area contributed by atoms with Gasteiger partial charge >= 0.3 is 0 Å². The number of nitrogens with one attached hydrogen (secondary N) is 1. The first-order valence-electron chi connectivity index (χ1n) is 17.2. The van der Waals surface area contributed by atoms with Crippen molar-refractivity contribution in [1.29, 1.82) is 0 Å². The van der Waals surface area contributed by atoms with Crippen LogP contribution in [0.5, 0.6) is 0 Å². The van der Waals surface area contributed by atoms with Crippen LogP contribution in [-0.4, -0.2) is 33.3 Å². The van der Waals surface area contributed by atoms with Crippen molar-refractivity contribution in [2.45, 2.75) is 31.6 Å². The Labute approximate surface area is 298 Å². The number of carbonyl (C=O) groups excluding carboxylic acids is 4. The van der Waals surface area contributed by atoms with E-state index < -0.39 is 34.4 Å². The fourth-order valence-corrected chi connectivity index (χ4v) is 7.86. The van der Waals surface area contributed by atoms with Gasteiger partial charge < -0.3 is 4.98 Å². The lowest BCUT2D eigenvalue weighted by molar-refractivity contribution is 0.0880. The Kier molecular flexibility index (Phi) is 6.95. The number of allylic oxidation sites excluding steroid dienone is 8. The highest BCUT2D eigenvalue weighted by Gasteiger charge is 2.43. The van der Waals surface area contributed by atoms with Crippen LogP contribution >= 0.6 is 0 Å². The van der Waals surface area contributed by atoms with E-state index in [-0.39, 0.29) is 28.8 Å². The van der Waals surface area contributed by atoms with Gasteiger partial charge in [0, 0.05) is 22.5 Å². The van der Waals surface area contributed by atoms with Crippen LogP contribution in [-0.2, 0) is 5.41 Å². The van der Waals surface area contributed by atoms with E-state index >= 15 is 0 Å². The molecule has 0 saturated carbocycles. The van der Waals surface area contributed by atoms with Crippen LogP contribution < -0.4 is 10.5 Å². The molecule has 5 aromatic rings. The Balaban J connectivity index is 0.986. The number of H-pyrrole nitrogens is 1. The molecule has 2 atom stereocenters. The Hall–Kier alpha value is -6.54. The molecule has 4 aliphatic rings. The van der Waals surface area contributed by atoms with Crippen LogP contribution in [0, 0.1) is 5.92 Å². The number of rotatable bonds is 6. The normalized spacial score (nSPS) is 19.2. The Morgan fingerprint density at radius 1 is 0.769 bits per heavy atom. The first-order chi connectivity index (χ1) is 25.1. The standard InChI is InChI=1S/C44H31N3O5/c1-44(2,26-16-20-31-34(22-26)39(49)37(38(31)48)40-45-36-13-6-5-10-33(36)41(50)46-40)27-17-21-32-35(23-27)43(52)47(42(32)51)28-18-14-25(15-19-28)30-12-7-11-29(30)24-8-3-4-9-24/h3,5-23,29,37H,4H2,1-2H3,(H,45,46,50)/t29?,37-/m0/s1. The minimum Gasteiger partial charge on any atom is -0.309 e. The van der Waals surface area contributed by atoms with Gasteiger partial charge in [0.25, 0.3) is 17.4 Å². The van der Waals surface area contributed by atoms with Gasteiger partial charge in [0.15, 0.2) is 11.6 Å². The maximum absolute atomic E-state index is 13.9. The Bertz CT molecular complexity index is 2640. The van der Waals surface area contributed by atoms with Crippen LogP contribution in [0.1, 0.15) is 90.1 Å². The Morgan fingerprint density at radius 2 is 1.46 bits per heavy atom. The zero-order chi connectivity index (χ0) is 35.9. The zero-order valence-corrected chi connectivity index (χ0v) is 28.3. The lowest BCUT2D eigenvalue weighted by atomic mass is 9.76. The zero-order valence-electron chi connectivity index (χ0n) is 28.3. The van der Waals surface area contributed by atoms with E-state index in [0.717, 1.165) is 23.1 Å². The molecule has 1 aliphatic heterocycles. The van der Waals surface area contributed by atoms with Gasteiger partial charge in [-0.15, -0.1) is 0 Å². The van der Waals surface area contributed by atoms with Crippen molar-refractivity contribution in [3.05, 3.63) is 182 Å². The summed E-state index contributed by atoms with van der Waals surface area (Å²) in [5.74, 6) is -2.68. The maximum atomic E-state index is 13.9. The molecule has 3 aliphatic carbocycles. The van der Waals surface area contributed by atoms with E-state index in [4.69, 9.17) is 0 Å². The topological polar surface area (TPSA) is 117 Å². The summed E-state index contributed by atoms with van der Waals surface area (Å²) in [4.78, 5) is 75.8. The summed E-state index contributed by atoms with van der Waals surface area (Å²) in [6.45, 7) is 3.93. The third kappa shape index (κ3) is 4.67. The highest BCUT2D eigenvalue weighted by Crippen LogP contribution is 2.41. The molecule has 0 radical (unpaired) electrons. The summed E-state index contributed by atoms with van der Waals surface area (Å²) in [6, 6.07) is 24.7. The number of carbonyl (C=O) groups is 4. The minimum absolute atomic E-state index is 0.0210. The average molecular weight is 682 g/mol. The van der Waals surface area contributed by atoms with Gasteiger partial charge in [-0.05, 0) is 76.7 Å². The monoisotopic (exact) mass is 681 g/mol. The molecule has 0 spiro atoms. The van der Waals surface area contributed by atoms with Crippen LogP contribution in [0.2, 0.25) is 0 Å². The fraction of sp³-hybridized carbons (Fsp3) is 0.136. The Morgan fingerprint density at radius 3 is 2.21 bits per heavy atom. The van der Waals surface area contributed by atoms with Crippen molar-refractivity contribution >= 4 is 45.5 Å². The molecule has 2 amide bonds. The number of benzene rings is 4. The van der Waals surface area contributed by atoms with Crippen molar-refractivity contribution in [1.82, 2.24) is 9.97 Å². The predicted molar refractivity (Wildman–Crippen MR) is 199 cm³/mol.